The van der Waals surface area contributed by atoms with Gasteiger partial charge in [-0.1, -0.05) is 30.3 Å². The first-order valence-electron chi connectivity index (χ1n) is 8.14. The minimum atomic E-state index is 0.171. The molecule has 1 unspecified atom stereocenters. The van der Waals surface area contributed by atoms with E-state index >= 15 is 0 Å². The van der Waals surface area contributed by atoms with Crippen LogP contribution in [-0.4, -0.2) is 51.9 Å². The normalized spacial score (nSPS) is 19.0. The lowest BCUT2D eigenvalue weighted by molar-refractivity contribution is -0.134. The largest absolute Gasteiger partial charge is 0.339 e. The van der Waals surface area contributed by atoms with E-state index in [-0.39, 0.29) is 11.9 Å². The molecule has 23 heavy (non-hydrogen) atoms. The van der Waals surface area contributed by atoms with Crippen LogP contribution in [0, 0.1) is 0 Å². The van der Waals surface area contributed by atoms with Gasteiger partial charge in [-0.05, 0) is 19.0 Å². The number of carbonyl (C=O) groups excluding carboxylic acids is 1. The fourth-order valence-electron chi connectivity index (χ4n) is 3.13. The van der Waals surface area contributed by atoms with Gasteiger partial charge in [-0.15, -0.1) is 0 Å². The van der Waals surface area contributed by atoms with Crippen molar-refractivity contribution in [3.63, 3.8) is 0 Å². The summed E-state index contributed by atoms with van der Waals surface area (Å²) >= 11 is 0. The molecule has 0 spiro atoms. The molecular formula is C18H24N4O. The maximum atomic E-state index is 12.6. The molecule has 1 saturated heterocycles. The number of benzene rings is 1. The Kier molecular flexibility index (Phi) is 4.76. The Bertz CT molecular complexity index is 652. The number of piperazine rings is 1. The Labute approximate surface area is 137 Å². The van der Waals surface area contributed by atoms with E-state index in [4.69, 9.17) is 0 Å². The van der Waals surface area contributed by atoms with E-state index in [2.05, 4.69) is 29.1 Å². The van der Waals surface area contributed by atoms with Gasteiger partial charge in [0.2, 0.25) is 5.91 Å². The van der Waals surface area contributed by atoms with E-state index in [0.29, 0.717) is 6.42 Å². The van der Waals surface area contributed by atoms with E-state index in [9.17, 15) is 4.79 Å². The first-order valence-corrected chi connectivity index (χ1v) is 8.14. The standard InChI is InChI=1S/C18H24N4O/c1-20-12-13-22(14-16(20)18-19-10-11-21(18)2)17(23)9-8-15-6-4-3-5-7-15/h3-7,10-11,16H,8-9,12-14H2,1-2H3. The Balaban J connectivity index is 1.62. The lowest BCUT2D eigenvalue weighted by Gasteiger charge is -2.39. The van der Waals surface area contributed by atoms with Gasteiger partial charge in [0.05, 0.1) is 6.04 Å². The molecule has 1 atom stereocenters. The van der Waals surface area contributed by atoms with Crippen LogP contribution in [0.2, 0.25) is 0 Å². The van der Waals surface area contributed by atoms with E-state index < -0.39 is 0 Å². The SMILES string of the molecule is CN1CCN(C(=O)CCc2ccccc2)CC1c1nccn1C. The molecule has 5 heteroatoms. The Morgan fingerprint density at radius 1 is 1.22 bits per heavy atom. The molecule has 0 radical (unpaired) electrons. The number of likely N-dealkylation sites (N-methyl/N-ethyl adjacent to an activating group) is 1. The van der Waals surface area contributed by atoms with Crippen LogP contribution in [0.5, 0.6) is 0 Å². The second-order valence-electron chi connectivity index (χ2n) is 6.22. The number of imidazole rings is 1. The van der Waals surface area contributed by atoms with Crippen LogP contribution in [0.25, 0.3) is 0 Å². The van der Waals surface area contributed by atoms with E-state index in [1.807, 2.05) is 47.1 Å². The smallest absolute Gasteiger partial charge is 0.223 e. The minimum Gasteiger partial charge on any atom is -0.339 e. The Morgan fingerprint density at radius 3 is 2.70 bits per heavy atom. The molecule has 122 valence electrons. The Hall–Kier alpha value is -2.14. The predicted octanol–water partition coefficient (Wildman–Crippen LogP) is 1.87. The van der Waals surface area contributed by atoms with Gasteiger partial charge in [0.15, 0.2) is 0 Å². The van der Waals surface area contributed by atoms with Crippen molar-refractivity contribution in [2.24, 2.45) is 7.05 Å². The van der Waals surface area contributed by atoms with Crippen molar-refractivity contribution < 1.29 is 4.79 Å². The van der Waals surface area contributed by atoms with Gasteiger partial charge in [-0.2, -0.15) is 0 Å². The minimum absolute atomic E-state index is 0.171. The van der Waals surface area contributed by atoms with E-state index in [1.165, 1.54) is 5.56 Å². The van der Waals surface area contributed by atoms with E-state index in [1.54, 1.807) is 0 Å². The number of nitrogens with zero attached hydrogens (tertiary/aromatic N) is 4. The van der Waals surface area contributed by atoms with Crippen molar-refractivity contribution in [2.45, 2.75) is 18.9 Å². The molecule has 1 fully saturated rings. The van der Waals surface area contributed by atoms with Gasteiger partial charge < -0.3 is 9.47 Å². The number of rotatable bonds is 4. The maximum Gasteiger partial charge on any atom is 0.223 e. The van der Waals surface area contributed by atoms with Crippen molar-refractivity contribution >= 4 is 5.91 Å². The summed E-state index contributed by atoms with van der Waals surface area (Å²) in [5.74, 6) is 1.26. The number of hydrogen-bond acceptors (Lipinski definition) is 3. The zero-order valence-electron chi connectivity index (χ0n) is 13.9. The number of hydrogen-bond donors (Lipinski definition) is 0. The summed E-state index contributed by atoms with van der Waals surface area (Å²) in [5, 5.41) is 0. The quantitative estimate of drug-likeness (QED) is 0.865. The second-order valence-corrected chi connectivity index (χ2v) is 6.22. The molecule has 0 bridgehead atoms. The van der Waals surface area contributed by atoms with Crippen molar-refractivity contribution in [1.29, 1.82) is 0 Å². The Morgan fingerprint density at radius 2 is 2.00 bits per heavy atom. The number of amides is 1. The second kappa shape index (κ2) is 6.96. The molecule has 1 aliphatic heterocycles. The van der Waals surface area contributed by atoms with Crippen LogP contribution in [0.3, 0.4) is 0 Å². The fourth-order valence-corrected chi connectivity index (χ4v) is 3.13. The molecule has 2 aromatic rings. The first kappa shape index (κ1) is 15.7. The van der Waals surface area contributed by atoms with Gasteiger partial charge >= 0.3 is 0 Å². The summed E-state index contributed by atoms with van der Waals surface area (Å²) in [4.78, 5) is 21.3. The van der Waals surface area contributed by atoms with Crippen LogP contribution in [0.1, 0.15) is 23.9 Å². The average molecular weight is 312 g/mol. The summed E-state index contributed by atoms with van der Waals surface area (Å²) in [6.07, 6.45) is 5.15. The summed E-state index contributed by atoms with van der Waals surface area (Å²) in [5.41, 5.74) is 1.22. The molecule has 1 amide bonds. The highest BCUT2D eigenvalue weighted by molar-refractivity contribution is 5.76. The third kappa shape index (κ3) is 3.62. The van der Waals surface area contributed by atoms with E-state index in [0.717, 1.165) is 31.9 Å². The summed E-state index contributed by atoms with van der Waals surface area (Å²) in [6, 6.07) is 10.4. The highest BCUT2D eigenvalue weighted by Gasteiger charge is 2.30. The lowest BCUT2D eigenvalue weighted by Crippen LogP contribution is -2.49. The van der Waals surface area contributed by atoms with Gasteiger partial charge in [-0.25, -0.2) is 4.98 Å². The monoisotopic (exact) mass is 312 g/mol. The fraction of sp³-hybridized carbons (Fsp3) is 0.444. The molecular weight excluding hydrogens is 288 g/mol. The predicted molar refractivity (Wildman–Crippen MR) is 89.9 cm³/mol. The zero-order chi connectivity index (χ0) is 16.2. The number of aryl methyl sites for hydroxylation is 2. The van der Waals surface area contributed by atoms with Crippen LogP contribution in [0.15, 0.2) is 42.7 Å². The molecule has 0 saturated carbocycles. The maximum absolute atomic E-state index is 12.6. The van der Waals surface area contributed by atoms with Crippen LogP contribution >= 0.6 is 0 Å². The number of aromatic nitrogens is 2. The molecule has 2 heterocycles. The van der Waals surface area contributed by atoms with Gasteiger partial charge in [-0.3, -0.25) is 9.69 Å². The van der Waals surface area contributed by atoms with Gasteiger partial charge in [0, 0.05) is 45.5 Å². The third-order valence-corrected chi connectivity index (χ3v) is 4.63. The number of carbonyl (C=O) groups is 1. The van der Waals surface area contributed by atoms with Gasteiger partial charge in [0.25, 0.3) is 0 Å². The van der Waals surface area contributed by atoms with Crippen LogP contribution < -0.4 is 0 Å². The first-order chi connectivity index (χ1) is 11.1. The van der Waals surface area contributed by atoms with Crippen molar-refractivity contribution in [1.82, 2.24) is 19.4 Å². The molecule has 0 aliphatic carbocycles. The molecule has 1 aromatic carbocycles. The summed E-state index contributed by atoms with van der Waals surface area (Å²) < 4.78 is 2.04. The zero-order valence-corrected chi connectivity index (χ0v) is 13.9. The average Bonchev–Trinajstić information content (AvgIpc) is 3.00. The molecule has 0 N–H and O–H groups in total. The van der Waals surface area contributed by atoms with Crippen LogP contribution in [0.4, 0.5) is 0 Å². The lowest BCUT2D eigenvalue weighted by atomic mass is 10.1. The molecule has 3 rings (SSSR count). The summed E-state index contributed by atoms with van der Waals surface area (Å²) in [6.45, 7) is 2.40. The molecule has 1 aromatic heterocycles. The highest BCUT2D eigenvalue weighted by Crippen LogP contribution is 2.23. The van der Waals surface area contributed by atoms with Crippen molar-refractivity contribution in [2.75, 3.05) is 26.7 Å². The van der Waals surface area contributed by atoms with Crippen molar-refractivity contribution in [3.8, 4) is 0 Å². The topological polar surface area (TPSA) is 41.4 Å². The van der Waals surface area contributed by atoms with Gasteiger partial charge in [0.1, 0.15) is 5.82 Å². The molecule has 1 aliphatic rings. The summed E-state index contributed by atoms with van der Waals surface area (Å²) in [7, 11) is 4.11. The van der Waals surface area contributed by atoms with Crippen LogP contribution in [-0.2, 0) is 18.3 Å². The van der Waals surface area contributed by atoms with Crippen molar-refractivity contribution in [3.05, 3.63) is 54.1 Å². The highest BCUT2D eigenvalue weighted by atomic mass is 16.2. The molecule has 5 nitrogen and oxygen atoms in total. The third-order valence-electron chi connectivity index (χ3n) is 4.63.